The van der Waals surface area contributed by atoms with Gasteiger partial charge in [-0.2, -0.15) is 0 Å². The van der Waals surface area contributed by atoms with Crippen LogP contribution in [0.15, 0.2) is 41.1 Å². The Morgan fingerprint density at radius 3 is 2.88 bits per heavy atom. The van der Waals surface area contributed by atoms with Crippen molar-refractivity contribution in [3.05, 3.63) is 36.1 Å². The summed E-state index contributed by atoms with van der Waals surface area (Å²) in [6, 6.07) is 0. The summed E-state index contributed by atoms with van der Waals surface area (Å²) in [4.78, 5) is 16.4. The van der Waals surface area contributed by atoms with E-state index in [1.54, 1.807) is 0 Å². The summed E-state index contributed by atoms with van der Waals surface area (Å²) in [6.07, 6.45) is 12.4. The van der Waals surface area contributed by atoms with E-state index in [-0.39, 0.29) is 19.4 Å². The standard InChI is InChI=1S/C20H28N2O2.C2H6.H2/c1-4-5-6-15(21-3)7-8-17-16-9-10-22-12-14(16)11-18-19(17)13(2)24-20(18)23;1-2;/h4-8,13-14,16-19,22H,3,9-12H2,1-2H3;1-2H3;1H/b5-4-,8-7+,15-6-;;. The van der Waals surface area contributed by atoms with Crippen LogP contribution >= 0.6 is 0 Å². The Morgan fingerprint density at radius 1 is 1.42 bits per heavy atom. The first-order valence-corrected chi connectivity index (χ1v) is 10.0. The summed E-state index contributed by atoms with van der Waals surface area (Å²) < 4.78 is 5.59. The van der Waals surface area contributed by atoms with E-state index in [4.69, 9.17) is 4.74 Å². The SMILES string of the molecule is C=NC(=C\C=C/C)/C=C/C1C2CCNCC2CC2C(=O)OC(C)C21.CC.[HH]. The highest BCUT2D eigenvalue weighted by Gasteiger charge is 2.53. The third-order valence-electron chi connectivity index (χ3n) is 5.90. The molecule has 4 heteroatoms. The molecule has 4 nitrogen and oxygen atoms in total. The van der Waals surface area contributed by atoms with Crippen LogP contribution in [0.3, 0.4) is 0 Å². The fraction of sp³-hybridized carbons (Fsp3) is 0.636. The Kier molecular flexibility index (Phi) is 7.83. The Balaban J connectivity index is 0.00000118. The van der Waals surface area contributed by atoms with Crippen LogP contribution in [-0.4, -0.2) is 31.9 Å². The molecule has 0 amide bonds. The fourth-order valence-electron chi connectivity index (χ4n) is 4.82. The number of aliphatic imine (C=N–C) groups is 1. The maximum atomic E-state index is 12.3. The minimum Gasteiger partial charge on any atom is -0.462 e. The molecule has 6 atom stereocenters. The zero-order valence-corrected chi connectivity index (χ0v) is 16.7. The summed E-state index contributed by atoms with van der Waals surface area (Å²) in [5, 5.41) is 3.49. The highest BCUT2D eigenvalue weighted by molar-refractivity contribution is 5.75. The first kappa shape index (κ1) is 20.6. The lowest BCUT2D eigenvalue weighted by Crippen LogP contribution is -2.48. The third kappa shape index (κ3) is 4.35. The molecule has 3 fully saturated rings. The van der Waals surface area contributed by atoms with Crippen molar-refractivity contribution in [2.24, 2.45) is 34.6 Å². The molecule has 26 heavy (non-hydrogen) atoms. The summed E-state index contributed by atoms with van der Waals surface area (Å²) >= 11 is 0. The molecule has 0 radical (unpaired) electrons. The second-order valence-electron chi connectivity index (χ2n) is 7.19. The van der Waals surface area contributed by atoms with Crippen molar-refractivity contribution < 1.29 is 11.0 Å². The lowest BCUT2D eigenvalue weighted by Gasteiger charge is -2.45. The van der Waals surface area contributed by atoms with Crippen molar-refractivity contribution in [3.8, 4) is 0 Å². The van der Waals surface area contributed by atoms with E-state index >= 15 is 0 Å². The van der Waals surface area contributed by atoms with Gasteiger partial charge in [0.15, 0.2) is 0 Å². The molecule has 2 aliphatic heterocycles. The number of fused-ring (bicyclic) bond motifs is 2. The van der Waals surface area contributed by atoms with Crippen molar-refractivity contribution in [2.75, 3.05) is 13.1 Å². The first-order valence-electron chi connectivity index (χ1n) is 10.0. The van der Waals surface area contributed by atoms with Gasteiger partial charge in [-0.3, -0.25) is 9.79 Å². The predicted molar refractivity (Wildman–Crippen MR) is 110 cm³/mol. The Labute approximate surface area is 160 Å². The summed E-state index contributed by atoms with van der Waals surface area (Å²) in [7, 11) is 0. The second kappa shape index (κ2) is 9.86. The van der Waals surface area contributed by atoms with Crippen LogP contribution in [0.4, 0.5) is 0 Å². The van der Waals surface area contributed by atoms with Crippen LogP contribution in [0.5, 0.6) is 0 Å². The maximum absolute atomic E-state index is 12.3. The predicted octanol–water partition coefficient (Wildman–Crippen LogP) is 4.40. The van der Waals surface area contributed by atoms with Crippen molar-refractivity contribution in [1.82, 2.24) is 5.32 Å². The number of hydrogen-bond acceptors (Lipinski definition) is 4. The van der Waals surface area contributed by atoms with Crippen molar-refractivity contribution in [3.63, 3.8) is 0 Å². The number of carbonyl (C=O) groups excluding carboxylic acids is 1. The van der Waals surface area contributed by atoms with E-state index in [1.807, 2.05) is 45.9 Å². The smallest absolute Gasteiger partial charge is 0.309 e. The normalized spacial score (nSPS) is 36.9. The van der Waals surface area contributed by atoms with Gasteiger partial charge in [-0.25, -0.2) is 0 Å². The first-order chi connectivity index (χ1) is 12.7. The number of nitrogens with one attached hydrogen (secondary N) is 1. The molecular formula is C22H36N2O2. The molecule has 0 aromatic rings. The lowest BCUT2D eigenvalue weighted by atomic mass is 9.59. The van der Waals surface area contributed by atoms with Gasteiger partial charge in [0.05, 0.1) is 11.6 Å². The van der Waals surface area contributed by atoms with Crippen LogP contribution in [0.25, 0.3) is 0 Å². The number of cyclic esters (lactones) is 1. The molecule has 1 saturated carbocycles. The van der Waals surface area contributed by atoms with E-state index in [2.05, 4.69) is 29.2 Å². The van der Waals surface area contributed by atoms with E-state index in [9.17, 15) is 4.79 Å². The van der Waals surface area contributed by atoms with Gasteiger partial charge in [-0.15, -0.1) is 0 Å². The molecule has 0 aromatic heterocycles. The average Bonchev–Trinajstić information content (AvgIpc) is 2.96. The molecular weight excluding hydrogens is 324 g/mol. The summed E-state index contributed by atoms with van der Waals surface area (Å²) in [5.74, 6) is 1.89. The second-order valence-corrected chi connectivity index (χ2v) is 7.19. The average molecular weight is 361 g/mol. The monoisotopic (exact) mass is 360 g/mol. The van der Waals surface area contributed by atoms with Crippen LogP contribution in [0.2, 0.25) is 0 Å². The highest BCUT2D eigenvalue weighted by atomic mass is 16.6. The molecule has 0 bridgehead atoms. The molecule has 1 N–H and O–H groups in total. The van der Waals surface area contributed by atoms with Crippen molar-refractivity contribution in [1.29, 1.82) is 0 Å². The van der Waals surface area contributed by atoms with Gasteiger partial charge in [0.1, 0.15) is 6.10 Å². The summed E-state index contributed by atoms with van der Waals surface area (Å²) in [5.41, 5.74) is 0.860. The third-order valence-corrected chi connectivity index (χ3v) is 5.90. The van der Waals surface area contributed by atoms with Gasteiger partial charge < -0.3 is 10.1 Å². The Hall–Kier alpha value is -1.68. The molecule has 2 heterocycles. The zero-order valence-electron chi connectivity index (χ0n) is 16.7. The minimum absolute atomic E-state index is 0. The van der Waals surface area contributed by atoms with Gasteiger partial charge in [0, 0.05) is 7.34 Å². The van der Waals surface area contributed by atoms with Gasteiger partial charge in [0.25, 0.3) is 0 Å². The molecule has 0 aromatic carbocycles. The quantitative estimate of drug-likeness (QED) is 0.459. The van der Waals surface area contributed by atoms with Gasteiger partial charge >= 0.3 is 5.97 Å². The Bertz CT molecular complexity index is 585. The minimum atomic E-state index is 0. The number of nitrogens with zero attached hydrogens (tertiary/aromatic N) is 1. The van der Waals surface area contributed by atoms with Crippen LogP contribution in [-0.2, 0) is 9.53 Å². The van der Waals surface area contributed by atoms with Gasteiger partial charge in [-0.05, 0) is 76.4 Å². The molecule has 146 valence electrons. The van der Waals surface area contributed by atoms with Crippen molar-refractivity contribution >= 4 is 12.7 Å². The molecule has 6 unspecified atom stereocenters. The molecule has 3 aliphatic rings. The Morgan fingerprint density at radius 2 is 2.19 bits per heavy atom. The number of carbonyl (C=O) groups is 1. The van der Waals surface area contributed by atoms with Crippen LogP contribution in [0.1, 0.15) is 42.0 Å². The van der Waals surface area contributed by atoms with E-state index in [0.717, 1.165) is 25.2 Å². The topological polar surface area (TPSA) is 50.7 Å². The number of esters is 1. The van der Waals surface area contributed by atoms with Gasteiger partial charge in [-0.1, -0.05) is 32.1 Å². The van der Waals surface area contributed by atoms with E-state index in [0.29, 0.717) is 23.7 Å². The number of allylic oxidation sites excluding steroid dienone is 5. The zero-order chi connectivity index (χ0) is 19.1. The largest absolute Gasteiger partial charge is 0.462 e. The molecule has 3 rings (SSSR count). The van der Waals surface area contributed by atoms with Gasteiger partial charge in [0.2, 0.25) is 0 Å². The van der Waals surface area contributed by atoms with Crippen molar-refractivity contribution in [2.45, 2.75) is 46.6 Å². The van der Waals surface area contributed by atoms with Crippen LogP contribution < -0.4 is 5.32 Å². The summed E-state index contributed by atoms with van der Waals surface area (Å²) in [6.45, 7) is 13.8. The number of piperidine rings is 1. The molecule has 0 spiro atoms. The fourth-order valence-corrected chi connectivity index (χ4v) is 4.82. The van der Waals surface area contributed by atoms with E-state index < -0.39 is 0 Å². The van der Waals surface area contributed by atoms with Crippen LogP contribution in [0, 0.1) is 29.6 Å². The lowest BCUT2D eigenvalue weighted by molar-refractivity contribution is -0.144. The maximum Gasteiger partial charge on any atom is 0.309 e. The molecule has 2 saturated heterocycles. The number of rotatable bonds is 4. The highest BCUT2D eigenvalue weighted by Crippen LogP contribution is 2.50. The number of ether oxygens (including phenoxy) is 1. The van der Waals surface area contributed by atoms with E-state index in [1.165, 1.54) is 6.42 Å². The molecule has 1 aliphatic carbocycles. The number of hydrogen-bond donors (Lipinski definition) is 1.